The predicted molar refractivity (Wildman–Crippen MR) is 144 cm³/mol. The van der Waals surface area contributed by atoms with Gasteiger partial charge in [-0.05, 0) is 66.2 Å². The lowest BCUT2D eigenvalue weighted by Gasteiger charge is -2.39. The number of nitrogens with one attached hydrogen (secondary N) is 1. The van der Waals surface area contributed by atoms with Crippen molar-refractivity contribution < 1.29 is 14.3 Å². The van der Waals surface area contributed by atoms with Gasteiger partial charge in [0.05, 0.1) is 18.2 Å². The number of carbonyl (C=O) groups excluding carboxylic acids is 1. The summed E-state index contributed by atoms with van der Waals surface area (Å²) in [5.74, 6) is -0.570. The van der Waals surface area contributed by atoms with Crippen LogP contribution in [0.3, 0.4) is 0 Å². The van der Waals surface area contributed by atoms with Crippen molar-refractivity contribution in [3.05, 3.63) is 82.4 Å². The van der Waals surface area contributed by atoms with Crippen LogP contribution in [-0.2, 0) is 11.2 Å². The number of hydrogen-bond donors (Lipinski definition) is 2. The number of fused-ring (bicyclic) bond motifs is 1. The third kappa shape index (κ3) is 5.36. The topological polar surface area (TPSA) is 64.9 Å². The summed E-state index contributed by atoms with van der Waals surface area (Å²) >= 11 is 5.83. The molecule has 1 aliphatic heterocycles. The molecule has 1 saturated carbocycles. The monoisotopic (exact) mass is 505 g/mol. The Labute approximate surface area is 217 Å². The zero-order valence-electron chi connectivity index (χ0n) is 20.3. The van der Waals surface area contributed by atoms with Gasteiger partial charge >= 0.3 is 0 Å². The van der Waals surface area contributed by atoms with Gasteiger partial charge in [0.2, 0.25) is 0 Å². The molecule has 2 aromatic carbocycles. The van der Waals surface area contributed by atoms with Crippen molar-refractivity contribution in [1.29, 1.82) is 0 Å². The van der Waals surface area contributed by atoms with Crippen molar-refractivity contribution in [2.75, 3.05) is 13.1 Å². The smallest absolute Gasteiger partial charge is 0.169 e. The summed E-state index contributed by atoms with van der Waals surface area (Å²) in [4.78, 5) is 19.8. The lowest BCUT2D eigenvalue weighted by atomic mass is 9.83. The molecule has 0 spiro atoms. The van der Waals surface area contributed by atoms with Crippen molar-refractivity contribution in [3.8, 4) is 0 Å². The second-order valence-corrected chi connectivity index (χ2v) is 10.4. The van der Waals surface area contributed by atoms with Crippen LogP contribution in [0.25, 0.3) is 0 Å². The van der Waals surface area contributed by atoms with E-state index in [0.717, 1.165) is 36.5 Å². The normalized spacial score (nSPS) is 22.8. The molecule has 1 heterocycles. The summed E-state index contributed by atoms with van der Waals surface area (Å²) < 4.78 is 13.3. The van der Waals surface area contributed by atoms with Gasteiger partial charge in [0, 0.05) is 31.6 Å². The van der Waals surface area contributed by atoms with Gasteiger partial charge in [-0.15, -0.1) is 0 Å². The van der Waals surface area contributed by atoms with Crippen LogP contribution in [0.5, 0.6) is 0 Å². The highest BCUT2D eigenvalue weighted by molar-refractivity contribution is 7.80. The molecule has 1 fully saturated rings. The lowest BCUT2D eigenvalue weighted by Crippen LogP contribution is -2.48. The van der Waals surface area contributed by atoms with Gasteiger partial charge in [-0.1, -0.05) is 49.2 Å². The standard InChI is InChI=1S/C29H32FN3O2S/c30-22-11-9-19(10-12-22)21-15-27(34)25(28(35)16-21)17-31-18-26-24-8-4-1-5-20(24)13-14-33(26)29(36)32-23-6-2-3-7-23/h1,4-5,8-12,17,21,23,26,34H,2-3,6-7,13-16,18H2,(H,32,36)/t21?,26-/m0/s1. The van der Waals surface area contributed by atoms with Gasteiger partial charge in [0.15, 0.2) is 10.9 Å². The summed E-state index contributed by atoms with van der Waals surface area (Å²) in [5.41, 5.74) is 3.64. The third-order valence-corrected chi connectivity index (χ3v) is 8.03. The second-order valence-electron chi connectivity index (χ2n) is 10.0. The summed E-state index contributed by atoms with van der Waals surface area (Å²) in [6.45, 7) is 1.26. The Morgan fingerprint density at radius 3 is 2.64 bits per heavy atom. The Kier molecular flexibility index (Phi) is 7.46. The highest BCUT2D eigenvalue weighted by Crippen LogP contribution is 2.34. The maximum atomic E-state index is 13.3. The number of aliphatic hydroxyl groups excluding tert-OH is 1. The largest absolute Gasteiger partial charge is 0.511 e. The van der Waals surface area contributed by atoms with Crippen molar-refractivity contribution in [2.45, 2.75) is 62.9 Å². The zero-order chi connectivity index (χ0) is 25.1. The van der Waals surface area contributed by atoms with Gasteiger partial charge in [-0.3, -0.25) is 9.79 Å². The molecule has 7 heteroatoms. The Morgan fingerprint density at radius 1 is 1.14 bits per heavy atom. The molecule has 2 aliphatic carbocycles. The quantitative estimate of drug-likeness (QED) is 0.411. The summed E-state index contributed by atoms with van der Waals surface area (Å²) in [6, 6.07) is 14.9. The maximum absolute atomic E-state index is 13.3. The molecule has 188 valence electrons. The van der Waals surface area contributed by atoms with E-state index in [0.29, 0.717) is 19.0 Å². The van der Waals surface area contributed by atoms with E-state index in [1.807, 2.05) is 6.07 Å². The molecule has 1 unspecified atom stereocenters. The van der Waals surface area contributed by atoms with Crippen LogP contribution in [0.15, 0.2) is 64.9 Å². The second kappa shape index (κ2) is 10.9. The van der Waals surface area contributed by atoms with E-state index in [9.17, 15) is 14.3 Å². The lowest BCUT2D eigenvalue weighted by molar-refractivity contribution is -0.116. The molecule has 5 rings (SSSR count). The first-order valence-corrected chi connectivity index (χ1v) is 13.3. The highest BCUT2D eigenvalue weighted by Gasteiger charge is 2.31. The number of thiocarbonyl (C=S) groups is 1. The molecule has 3 aliphatic rings. The van der Waals surface area contributed by atoms with E-state index in [1.54, 1.807) is 12.1 Å². The third-order valence-electron chi connectivity index (χ3n) is 7.68. The molecule has 2 N–H and O–H groups in total. The minimum atomic E-state index is -0.315. The van der Waals surface area contributed by atoms with Crippen LogP contribution in [0.2, 0.25) is 0 Å². The highest BCUT2D eigenvalue weighted by atomic mass is 32.1. The van der Waals surface area contributed by atoms with E-state index in [2.05, 4.69) is 33.4 Å². The van der Waals surface area contributed by atoms with Crippen LogP contribution in [-0.4, -0.2) is 46.2 Å². The molecule has 0 bridgehead atoms. The summed E-state index contributed by atoms with van der Waals surface area (Å²) in [6.07, 6.45) is 7.86. The molecule has 0 aromatic heterocycles. The molecule has 2 atom stereocenters. The molecule has 36 heavy (non-hydrogen) atoms. The summed E-state index contributed by atoms with van der Waals surface area (Å²) in [7, 11) is 0. The number of hydrogen-bond acceptors (Lipinski definition) is 4. The van der Waals surface area contributed by atoms with Crippen molar-refractivity contribution in [1.82, 2.24) is 10.2 Å². The number of nitrogens with zero attached hydrogens (tertiary/aromatic N) is 2. The average Bonchev–Trinajstić information content (AvgIpc) is 3.39. The van der Waals surface area contributed by atoms with Crippen LogP contribution < -0.4 is 5.32 Å². The van der Waals surface area contributed by atoms with E-state index in [-0.39, 0.29) is 41.3 Å². The SMILES string of the molecule is O=C1CC(c2ccc(F)cc2)CC(O)=C1C=NC[C@H]1c2ccccc2CCN1C(=S)NC1CCCC1. The minimum Gasteiger partial charge on any atom is -0.511 e. The van der Waals surface area contributed by atoms with Crippen LogP contribution in [0.1, 0.15) is 67.2 Å². The fourth-order valence-corrected chi connectivity index (χ4v) is 6.08. The maximum Gasteiger partial charge on any atom is 0.169 e. The average molecular weight is 506 g/mol. The number of aliphatic hydroxyl groups is 1. The van der Waals surface area contributed by atoms with Gasteiger partial charge < -0.3 is 15.3 Å². The number of ketones is 1. The van der Waals surface area contributed by atoms with Gasteiger partial charge in [0.1, 0.15) is 11.6 Å². The van der Waals surface area contributed by atoms with Gasteiger partial charge in [0.25, 0.3) is 0 Å². The van der Waals surface area contributed by atoms with Crippen LogP contribution >= 0.6 is 12.2 Å². The molecule has 0 saturated heterocycles. The van der Waals surface area contributed by atoms with E-state index in [4.69, 9.17) is 12.2 Å². The molecular formula is C29H32FN3O2S. The number of allylic oxidation sites excluding steroid dienone is 2. The Bertz CT molecular complexity index is 1190. The number of halogens is 1. The van der Waals surface area contributed by atoms with E-state index in [1.165, 1.54) is 42.3 Å². The number of benzene rings is 2. The number of aliphatic imine (C=N–C) groups is 1. The van der Waals surface area contributed by atoms with Gasteiger partial charge in [-0.2, -0.15) is 0 Å². The predicted octanol–water partition coefficient (Wildman–Crippen LogP) is 5.57. The fourth-order valence-electron chi connectivity index (χ4n) is 5.69. The Morgan fingerprint density at radius 2 is 1.89 bits per heavy atom. The van der Waals surface area contributed by atoms with Crippen LogP contribution in [0.4, 0.5) is 4.39 Å². The number of carbonyl (C=O) groups is 1. The van der Waals surface area contributed by atoms with E-state index >= 15 is 0 Å². The zero-order valence-corrected chi connectivity index (χ0v) is 21.1. The Hall–Kier alpha value is -3.06. The van der Waals surface area contributed by atoms with Crippen molar-refractivity contribution >= 4 is 29.3 Å². The fraction of sp³-hybridized carbons (Fsp3) is 0.414. The van der Waals surface area contributed by atoms with Crippen LogP contribution in [0, 0.1) is 5.82 Å². The minimum absolute atomic E-state index is 0.0268. The molecule has 5 nitrogen and oxygen atoms in total. The van der Waals surface area contributed by atoms with Crippen molar-refractivity contribution in [2.24, 2.45) is 4.99 Å². The molecule has 0 amide bonds. The van der Waals surface area contributed by atoms with E-state index < -0.39 is 0 Å². The molecular weight excluding hydrogens is 473 g/mol. The Balaban J connectivity index is 1.32. The molecule has 2 aromatic rings. The summed E-state index contributed by atoms with van der Waals surface area (Å²) in [5, 5.41) is 15.0. The van der Waals surface area contributed by atoms with Gasteiger partial charge in [-0.25, -0.2) is 4.39 Å². The first kappa shape index (κ1) is 24.6. The van der Waals surface area contributed by atoms with Crippen molar-refractivity contribution in [3.63, 3.8) is 0 Å². The number of rotatable bonds is 5. The first-order chi connectivity index (χ1) is 17.5. The molecule has 0 radical (unpaired) electrons. The number of Topliss-reactive ketones (excluding diaryl/α,β-unsaturated/α-hetero) is 1. The first-order valence-electron chi connectivity index (χ1n) is 12.8.